The molecule has 6 heteroatoms. The van der Waals surface area contributed by atoms with Gasteiger partial charge in [0.2, 0.25) is 10.0 Å². The van der Waals surface area contributed by atoms with Crippen LogP contribution in [0.1, 0.15) is 23.3 Å². The van der Waals surface area contributed by atoms with E-state index in [1.807, 2.05) is 42.5 Å². The van der Waals surface area contributed by atoms with Gasteiger partial charge in [-0.15, -0.1) is 0 Å². The average molecular weight is 382 g/mol. The van der Waals surface area contributed by atoms with Gasteiger partial charge in [0.15, 0.2) is 0 Å². The highest BCUT2D eigenvalue weighted by atomic mass is 79.9. The molecule has 2 aromatic rings. The third-order valence-corrected chi connectivity index (χ3v) is 6.52. The Morgan fingerprint density at radius 3 is 2.50 bits per heavy atom. The molecule has 0 saturated heterocycles. The van der Waals surface area contributed by atoms with Crippen molar-refractivity contribution in [2.45, 2.75) is 18.7 Å². The van der Waals surface area contributed by atoms with E-state index < -0.39 is 15.3 Å². The van der Waals surface area contributed by atoms with E-state index in [1.165, 1.54) is 4.31 Å². The summed E-state index contributed by atoms with van der Waals surface area (Å²) in [5, 5.41) is -0.529. The quantitative estimate of drug-likeness (QED) is 0.810. The molecule has 0 spiro atoms. The number of benzene rings is 2. The smallest absolute Gasteiger partial charge is 0.242 e. The lowest BCUT2D eigenvalue weighted by Gasteiger charge is -2.19. The molecule has 0 amide bonds. The third kappa shape index (κ3) is 2.50. The van der Waals surface area contributed by atoms with Crippen molar-refractivity contribution in [1.82, 2.24) is 0 Å². The molecule has 0 bridgehead atoms. The average Bonchev–Trinajstić information content (AvgIpc) is 2.69. The summed E-state index contributed by atoms with van der Waals surface area (Å²) in [5.41, 5.74) is 2.52. The van der Waals surface area contributed by atoms with E-state index in [0.717, 1.165) is 27.0 Å². The molecule has 0 fully saturated rings. The van der Waals surface area contributed by atoms with Gasteiger partial charge < -0.3 is 4.74 Å². The molecule has 1 aliphatic heterocycles. The van der Waals surface area contributed by atoms with Gasteiger partial charge in [0.25, 0.3) is 0 Å². The summed E-state index contributed by atoms with van der Waals surface area (Å²) in [6.45, 7) is 2.06. The molecule has 3 rings (SSSR count). The Morgan fingerprint density at radius 1 is 1.18 bits per heavy atom. The largest absolute Gasteiger partial charge is 0.497 e. The van der Waals surface area contributed by atoms with Crippen LogP contribution in [0.15, 0.2) is 46.9 Å². The molecular weight excluding hydrogens is 366 g/mol. The molecular formula is C16H16BrNO3S. The van der Waals surface area contributed by atoms with Crippen LogP contribution in [-0.4, -0.2) is 15.5 Å². The molecule has 2 aromatic carbocycles. The minimum atomic E-state index is -3.37. The zero-order valence-corrected chi connectivity index (χ0v) is 14.7. The van der Waals surface area contributed by atoms with Crippen molar-refractivity contribution in [3.63, 3.8) is 0 Å². The van der Waals surface area contributed by atoms with Crippen LogP contribution in [-0.2, 0) is 16.6 Å². The zero-order valence-electron chi connectivity index (χ0n) is 12.3. The number of anilines is 1. The molecule has 0 saturated carbocycles. The molecule has 1 unspecified atom stereocenters. The van der Waals surface area contributed by atoms with Crippen molar-refractivity contribution < 1.29 is 13.2 Å². The monoisotopic (exact) mass is 381 g/mol. The van der Waals surface area contributed by atoms with E-state index in [2.05, 4.69) is 15.9 Å². The van der Waals surface area contributed by atoms with E-state index in [9.17, 15) is 8.42 Å². The number of hydrogen-bond donors (Lipinski definition) is 0. The molecule has 0 aromatic heterocycles. The second-order valence-corrected chi connectivity index (χ2v) is 8.34. The highest BCUT2D eigenvalue weighted by Crippen LogP contribution is 2.44. The topological polar surface area (TPSA) is 46.6 Å². The summed E-state index contributed by atoms with van der Waals surface area (Å²) in [5.74, 6) is 0.755. The Hall–Kier alpha value is -1.53. The van der Waals surface area contributed by atoms with Gasteiger partial charge >= 0.3 is 0 Å². The summed E-state index contributed by atoms with van der Waals surface area (Å²) < 4.78 is 32.9. The zero-order chi connectivity index (χ0) is 15.9. The fraction of sp³-hybridized carbons (Fsp3) is 0.250. The fourth-order valence-electron chi connectivity index (χ4n) is 2.64. The molecule has 1 atom stereocenters. The SMILES string of the molecule is COc1ccc(CN2c3ccc(Br)cc3C(C)S2(=O)=O)cc1. The first-order valence-electron chi connectivity index (χ1n) is 6.87. The molecule has 0 radical (unpaired) electrons. The number of ether oxygens (including phenoxy) is 1. The molecule has 4 nitrogen and oxygen atoms in total. The van der Waals surface area contributed by atoms with Crippen molar-refractivity contribution in [1.29, 1.82) is 0 Å². The summed E-state index contributed by atoms with van der Waals surface area (Å²) in [6, 6.07) is 13.0. The van der Waals surface area contributed by atoms with E-state index in [-0.39, 0.29) is 0 Å². The summed E-state index contributed by atoms with van der Waals surface area (Å²) in [7, 11) is -1.77. The maximum Gasteiger partial charge on any atom is 0.242 e. The van der Waals surface area contributed by atoms with Crippen LogP contribution in [0, 0.1) is 0 Å². The molecule has 1 aliphatic rings. The lowest BCUT2D eigenvalue weighted by Crippen LogP contribution is -2.27. The Morgan fingerprint density at radius 2 is 1.86 bits per heavy atom. The second kappa shape index (κ2) is 5.59. The summed E-state index contributed by atoms with van der Waals surface area (Å²) >= 11 is 3.41. The van der Waals surface area contributed by atoms with E-state index in [4.69, 9.17) is 4.74 Å². The van der Waals surface area contributed by atoms with Gasteiger partial charge in [-0.2, -0.15) is 0 Å². The number of sulfonamides is 1. The Kier molecular flexibility index (Phi) is 3.91. The van der Waals surface area contributed by atoms with Crippen molar-refractivity contribution in [2.24, 2.45) is 0 Å². The summed E-state index contributed by atoms with van der Waals surface area (Å²) in [4.78, 5) is 0. The van der Waals surface area contributed by atoms with Crippen LogP contribution in [0.4, 0.5) is 5.69 Å². The fourth-order valence-corrected chi connectivity index (χ4v) is 4.68. The first-order chi connectivity index (χ1) is 10.4. The Labute approximate surface area is 138 Å². The van der Waals surface area contributed by atoms with Gasteiger partial charge in [0.1, 0.15) is 11.0 Å². The highest BCUT2D eigenvalue weighted by Gasteiger charge is 2.40. The number of hydrogen-bond acceptors (Lipinski definition) is 3. The predicted octanol–water partition coefficient (Wildman–Crippen LogP) is 3.87. The van der Waals surface area contributed by atoms with Gasteiger partial charge in [0.05, 0.1) is 19.3 Å². The van der Waals surface area contributed by atoms with Crippen LogP contribution in [0.25, 0.3) is 0 Å². The van der Waals surface area contributed by atoms with Crippen LogP contribution in [0.2, 0.25) is 0 Å². The van der Waals surface area contributed by atoms with Gasteiger partial charge in [-0.1, -0.05) is 28.1 Å². The standard InChI is InChI=1S/C16H16BrNO3S/c1-11-15-9-13(17)5-8-16(15)18(22(11,19)20)10-12-3-6-14(21-2)7-4-12/h3-9,11H,10H2,1-2H3. The van der Waals surface area contributed by atoms with Crippen molar-refractivity contribution in [3.05, 3.63) is 58.1 Å². The van der Waals surface area contributed by atoms with Crippen molar-refractivity contribution in [3.8, 4) is 5.75 Å². The lowest BCUT2D eigenvalue weighted by molar-refractivity contribution is 0.414. The van der Waals surface area contributed by atoms with Crippen LogP contribution in [0.5, 0.6) is 5.75 Å². The van der Waals surface area contributed by atoms with Gasteiger partial charge in [-0.05, 0) is 48.4 Å². The number of fused-ring (bicyclic) bond motifs is 1. The third-order valence-electron chi connectivity index (χ3n) is 3.94. The van der Waals surface area contributed by atoms with Crippen molar-refractivity contribution >= 4 is 31.6 Å². The number of halogens is 1. The number of methoxy groups -OCH3 is 1. The predicted molar refractivity (Wildman–Crippen MR) is 90.7 cm³/mol. The van der Waals surface area contributed by atoms with E-state index in [1.54, 1.807) is 14.0 Å². The molecule has 116 valence electrons. The second-order valence-electron chi connectivity index (χ2n) is 5.25. The van der Waals surface area contributed by atoms with E-state index >= 15 is 0 Å². The van der Waals surface area contributed by atoms with Gasteiger partial charge in [0, 0.05) is 4.47 Å². The maximum atomic E-state index is 12.7. The van der Waals surface area contributed by atoms with E-state index in [0.29, 0.717) is 6.54 Å². The Balaban J connectivity index is 1.99. The lowest BCUT2D eigenvalue weighted by atomic mass is 10.1. The van der Waals surface area contributed by atoms with Crippen LogP contribution >= 0.6 is 15.9 Å². The van der Waals surface area contributed by atoms with Gasteiger partial charge in [-0.25, -0.2) is 8.42 Å². The number of nitrogens with zero attached hydrogens (tertiary/aromatic N) is 1. The van der Waals surface area contributed by atoms with Crippen molar-refractivity contribution in [2.75, 3.05) is 11.4 Å². The van der Waals surface area contributed by atoms with Gasteiger partial charge in [-0.3, -0.25) is 4.31 Å². The molecule has 22 heavy (non-hydrogen) atoms. The highest BCUT2D eigenvalue weighted by molar-refractivity contribution is 9.10. The normalized spacial score (nSPS) is 19.0. The summed E-state index contributed by atoms with van der Waals surface area (Å²) in [6.07, 6.45) is 0. The molecule has 0 aliphatic carbocycles. The first-order valence-corrected chi connectivity index (χ1v) is 9.17. The maximum absolute atomic E-state index is 12.7. The minimum Gasteiger partial charge on any atom is -0.497 e. The Bertz CT molecular complexity index is 803. The molecule has 0 N–H and O–H groups in total. The first kappa shape index (κ1) is 15.4. The number of rotatable bonds is 3. The van der Waals surface area contributed by atoms with Crippen LogP contribution < -0.4 is 9.04 Å². The minimum absolute atomic E-state index is 0.325. The molecule has 1 heterocycles. The van der Waals surface area contributed by atoms with Crippen LogP contribution in [0.3, 0.4) is 0 Å².